The number of imide groups is 1. The Morgan fingerprint density at radius 3 is 2.30 bits per heavy atom. The average molecular weight is 363 g/mol. The normalized spacial score (nSPS) is 13.1. The number of aromatic nitrogens is 2. The first-order valence-electron chi connectivity index (χ1n) is 8.21. The van der Waals surface area contributed by atoms with Crippen LogP contribution in [0.25, 0.3) is 11.0 Å². The number of rotatable bonds is 4. The van der Waals surface area contributed by atoms with Crippen LogP contribution in [0.2, 0.25) is 0 Å². The number of amides is 2. The summed E-state index contributed by atoms with van der Waals surface area (Å²) >= 11 is 0. The zero-order valence-corrected chi connectivity index (χ0v) is 14.0. The van der Waals surface area contributed by atoms with E-state index in [1.807, 2.05) is 0 Å². The number of fused-ring (bicyclic) bond motifs is 2. The standard InChI is InChI=1S/C19H13N3O5/c23-16(27-22-18(25)11-5-1-2-6-12(11)19(22)26)10-9-15-17(24)21-14-8-4-3-7-13(14)20-15/h1-8H,9-10H2,(H,21,24). The highest BCUT2D eigenvalue weighted by molar-refractivity contribution is 6.20. The molecule has 8 heteroatoms. The minimum Gasteiger partial charge on any atom is -0.330 e. The number of nitrogens with one attached hydrogen (secondary N) is 1. The van der Waals surface area contributed by atoms with Gasteiger partial charge in [-0.3, -0.25) is 14.4 Å². The van der Waals surface area contributed by atoms with Crippen molar-refractivity contribution < 1.29 is 19.2 Å². The molecule has 0 spiro atoms. The van der Waals surface area contributed by atoms with E-state index in [1.165, 1.54) is 12.1 Å². The Kier molecular flexibility index (Phi) is 4.00. The summed E-state index contributed by atoms with van der Waals surface area (Å²) in [6, 6.07) is 13.2. The van der Waals surface area contributed by atoms with Crippen LogP contribution >= 0.6 is 0 Å². The van der Waals surface area contributed by atoms with Crippen LogP contribution in [0.15, 0.2) is 53.3 Å². The second-order valence-electron chi connectivity index (χ2n) is 5.94. The number of carbonyl (C=O) groups excluding carboxylic acids is 3. The average Bonchev–Trinajstić information content (AvgIpc) is 2.91. The largest absolute Gasteiger partial charge is 0.333 e. The minimum atomic E-state index is -0.807. The first kappa shape index (κ1) is 16.6. The number of nitrogens with zero attached hydrogens (tertiary/aromatic N) is 2. The zero-order chi connectivity index (χ0) is 19.0. The monoisotopic (exact) mass is 363 g/mol. The molecular weight excluding hydrogens is 350 g/mol. The van der Waals surface area contributed by atoms with Crippen LogP contribution in [-0.4, -0.2) is 32.8 Å². The number of aryl methyl sites for hydroxylation is 1. The first-order chi connectivity index (χ1) is 13.0. The van der Waals surface area contributed by atoms with Crippen LogP contribution < -0.4 is 5.56 Å². The number of carbonyl (C=O) groups is 3. The third kappa shape index (κ3) is 2.97. The molecule has 8 nitrogen and oxygen atoms in total. The van der Waals surface area contributed by atoms with Gasteiger partial charge in [0.2, 0.25) is 0 Å². The summed E-state index contributed by atoms with van der Waals surface area (Å²) in [6.45, 7) is 0. The van der Waals surface area contributed by atoms with Gasteiger partial charge in [0, 0.05) is 6.42 Å². The number of hydrogen-bond donors (Lipinski definition) is 1. The van der Waals surface area contributed by atoms with Gasteiger partial charge in [0.05, 0.1) is 28.6 Å². The van der Waals surface area contributed by atoms with E-state index in [9.17, 15) is 19.2 Å². The van der Waals surface area contributed by atoms with E-state index in [-0.39, 0.29) is 29.7 Å². The van der Waals surface area contributed by atoms with E-state index in [4.69, 9.17) is 4.84 Å². The number of H-pyrrole nitrogens is 1. The molecule has 2 amide bonds. The predicted molar refractivity (Wildman–Crippen MR) is 93.7 cm³/mol. The van der Waals surface area contributed by atoms with Crippen LogP contribution in [0, 0.1) is 0 Å². The van der Waals surface area contributed by atoms with Crippen LogP contribution in [-0.2, 0) is 16.1 Å². The molecule has 0 radical (unpaired) electrons. The molecule has 134 valence electrons. The Bertz CT molecular complexity index is 1120. The maximum Gasteiger partial charge on any atom is 0.333 e. The van der Waals surface area contributed by atoms with Crippen molar-refractivity contribution in [1.29, 1.82) is 0 Å². The molecule has 27 heavy (non-hydrogen) atoms. The molecule has 2 heterocycles. The summed E-state index contributed by atoms with van der Waals surface area (Å²) in [5, 5.41) is 0.449. The number of aromatic amines is 1. The zero-order valence-electron chi connectivity index (χ0n) is 14.0. The van der Waals surface area contributed by atoms with E-state index in [1.54, 1.807) is 36.4 Å². The van der Waals surface area contributed by atoms with Crippen molar-refractivity contribution in [3.8, 4) is 0 Å². The molecule has 0 fully saturated rings. The van der Waals surface area contributed by atoms with Gasteiger partial charge in [0.15, 0.2) is 0 Å². The summed E-state index contributed by atoms with van der Waals surface area (Å²) in [7, 11) is 0. The van der Waals surface area contributed by atoms with Gasteiger partial charge >= 0.3 is 5.97 Å². The topological polar surface area (TPSA) is 109 Å². The SMILES string of the molecule is O=C(CCc1nc2ccccc2[nH]c1=O)ON1C(=O)c2ccccc2C1=O. The van der Waals surface area contributed by atoms with E-state index >= 15 is 0 Å². The number of para-hydroxylation sites is 2. The smallest absolute Gasteiger partial charge is 0.330 e. The highest BCUT2D eigenvalue weighted by Crippen LogP contribution is 2.22. The van der Waals surface area contributed by atoms with Crippen molar-refractivity contribution in [3.05, 3.63) is 75.7 Å². The van der Waals surface area contributed by atoms with Crippen molar-refractivity contribution in [1.82, 2.24) is 15.0 Å². The van der Waals surface area contributed by atoms with Crippen LogP contribution in [0.5, 0.6) is 0 Å². The molecule has 4 rings (SSSR count). The Labute approximate surface area is 152 Å². The fourth-order valence-electron chi connectivity index (χ4n) is 2.85. The molecule has 0 bridgehead atoms. The molecule has 0 unspecified atom stereocenters. The molecule has 0 atom stereocenters. The quantitative estimate of drug-likeness (QED) is 0.705. The lowest BCUT2D eigenvalue weighted by Gasteiger charge is -2.12. The number of hydroxylamine groups is 2. The molecule has 0 saturated heterocycles. The summed E-state index contributed by atoms with van der Waals surface area (Å²) < 4.78 is 0. The van der Waals surface area contributed by atoms with Crippen molar-refractivity contribution in [2.75, 3.05) is 0 Å². The first-order valence-corrected chi connectivity index (χ1v) is 8.21. The van der Waals surface area contributed by atoms with Crippen LogP contribution in [0.3, 0.4) is 0 Å². The number of hydrogen-bond acceptors (Lipinski definition) is 6. The van der Waals surface area contributed by atoms with Gasteiger partial charge in [-0.2, -0.15) is 0 Å². The second-order valence-corrected chi connectivity index (χ2v) is 5.94. The fourth-order valence-corrected chi connectivity index (χ4v) is 2.85. The predicted octanol–water partition coefficient (Wildman–Crippen LogP) is 1.61. The van der Waals surface area contributed by atoms with Gasteiger partial charge in [-0.15, -0.1) is 0 Å². The van der Waals surface area contributed by atoms with E-state index < -0.39 is 23.3 Å². The van der Waals surface area contributed by atoms with Crippen molar-refractivity contribution >= 4 is 28.8 Å². The van der Waals surface area contributed by atoms with Gasteiger partial charge in [0.1, 0.15) is 5.69 Å². The lowest BCUT2D eigenvalue weighted by molar-refractivity contribution is -0.168. The Morgan fingerprint density at radius 2 is 1.59 bits per heavy atom. The molecule has 0 saturated carbocycles. The lowest BCUT2D eigenvalue weighted by atomic mass is 10.1. The van der Waals surface area contributed by atoms with Crippen LogP contribution in [0.4, 0.5) is 0 Å². The fraction of sp³-hybridized carbons (Fsp3) is 0.105. The highest BCUT2D eigenvalue weighted by Gasteiger charge is 2.38. The summed E-state index contributed by atoms with van der Waals surface area (Å²) in [5.41, 5.74) is 1.33. The molecule has 0 aliphatic carbocycles. The van der Waals surface area contributed by atoms with Gasteiger partial charge in [-0.1, -0.05) is 29.3 Å². The Morgan fingerprint density at radius 1 is 0.963 bits per heavy atom. The maximum absolute atomic E-state index is 12.2. The lowest BCUT2D eigenvalue weighted by Crippen LogP contribution is -2.33. The Balaban J connectivity index is 1.45. The van der Waals surface area contributed by atoms with Crippen molar-refractivity contribution in [3.63, 3.8) is 0 Å². The third-order valence-electron chi connectivity index (χ3n) is 4.19. The second kappa shape index (κ2) is 6.49. The molecule has 1 aliphatic rings. The summed E-state index contributed by atoms with van der Waals surface area (Å²) in [4.78, 5) is 60.3. The third-order valence-corrected chi connectivity index (χ3v) is 4.19. The van der Waals surface area contributed by atoms with E-state index in [0.29, 0.717) is 16.1 Å². The Hall–Kier alpha value is -3.81. The molecule has 1 aliphatic heterocycles. The number of benzene rings is 2. The van der Waals surface area contributed by atoms with Crippen molar-refractivity contribution in [2.24, 2.45) is 0 Å². The molecular formula is C19H13N3O5. The van der Waals surface area contributed by atoms with Gasteiger partial charge in [-0.05, 0) is 24.3 Å². The highest BCUT2D eigenvalue weighted by atomic mass is 16.7. The van der Waals surface area contributed by atoms with Crippen molar-refractivity contribution in [2.45, 2.75) is 12.8 Å². The molecule has 1 aromatic heterocycles. The van der Waals surface area contributed by atoms with Gasteiger partial charge in [0.25, 0.3) is 17.4 Å². The summed E-state index contributed by atoms with van der Waals surface area (Å²) in [5.74, 6) is -2.19. The maximum atomic E-state index is 12.2. The van der Waals surface area contributed by atoms with E-state index in [2.05, 4.69) is 9.97 Å². The van der Waals surface area contributed by atoms with Gasteiger partial charge in [-0.25, -0.2) is 9.78 Å². The summed E-state index contributed by atoms with van der Waals surface area (Å²) in [6.07, 6.45) is -0.190. The van der Waals surface area contributed by atoms with E-state index in [0.717, 1.165) is 0 Å². The minimum absolute atomic E-state index is 0.0160. The molecule has 3 aromatic rings. The van der Waals surface area contributed by atoms with Gasteiger partial charge < -0.3 is 9.82 Å². The van der Waals surface area contributed by atoms with Crippen LogP contribution in [0.1, 0.15) is 32.8 Å². The molecule has 1 N–H and O–H groups in total. The molecule has 2 aromatic carbocycles.